The highest BCUT2D eigenvalue weighted by Crippen LogP contribution is 2.32. The fraction of sp³-hybridized carbons (Fsp3) is 0.500. The number of carboxylic acid groups (broad SMARTS) is 1. The Morgan fingerprint density at radius 1 is 1.21 bits per heavy atom. The van der Waals surface area contributed by atoms with Gasteiger partial charge in [-0.1, -0.05) is 32.9 Å². The quantitative estimate of drug-likeness (QED) is 0.526. The molecule has 2 amide bonds. The third-order valence-corrected chi connectivity index (χ3v) is 7.77. The molecule has 0 saturated carbocycles. The van der Waals surface area contributed by atoms with Gasteiger partial charge in [-0.3, -0.25) is 4.79 Å². The molecule has 2 aromatic heterocycles. The summed E-state index contributed by atoms with van der Waals surface area (Å²) >= 11 is 0. The largest absolute Gasteiger partial charge is 0.473 e. The molecule has 1 unspecified atom stereocenters. The van der Waals surface area contributed by atoms with Crippen molar-refractivity contribution in [1.82, 2.24) is 24.8 Å². The van der Waals surface area contributed by atoms with E-state index in [2.05, 4.69) is 48.2 Å². The number of nitrogens with one attached hydrogen (secondary N) is 1. The molecule has 4 heterocycles. The Bertz CT molecular complexity index is 1350. The highest BCUT2D eigenvalue weighted by atomic mass is 16.5. The predicted octanol–water partition coefficient (Wildman–Crippen LogP) is 3.82. The number of rotatable bonds is 5. The molecule has 2 fully saturated rings. The Hall–Kier alpha value is -3.82. The lowest BCUT2D eigenvalue weighted by atomic mass is 9.84. The Kier molecular flexibility index (Phi) is 6.66. The molecule has 202 valence electrons. The summed E-state index contributed by atoms with van der Waals surface area (Å²) in [4.78, 5) is 32.2. The Balaban J connectivity index is 1.40. The lowest BCUT2D eigenvalue weighted by Gasteiger charge is -2.46. The second-order valence-electron chi connectivity index (χ2n) is 11.5. The maximum absolute atomic E-state index is 11.8. The molecule has 2 N–H and O–H groups in total. The third kappa shape index (κ3) is 4.99. The molecule has 2 aliphatic heterocycles. The Morgan fingerprint density at radius 2 is 1.95 bits per heavy atom. The first kappa shape index (κ1) is 25.8. The number of aromatic nitrogens is 3. The average molecular weight is 521 g/mol. The van der Waals surface area contributed by atoms with Crippen molar-refractivity contribution in [3.8, 4) is 17.1 Å². The standard InChI is InChI=1S/C28H36N6O4/c1-17-13-30-34-15-22(31-26(25(17)34)38-18(2)20-12-24(35)29-14-20)19-6-8-21(9-7-19)32-10-11-33(27(36)37)23(16-32)28(3,4)5/h6-9,13,15,18,20,23H,10-12,14,16H2,1-5H3,(H,29,35)(H,36,37)/t18-,20-,23?/m1/s1. The summed E-state index contributed by atoms with van der Waals surface area (Å²) in [5, 5.41) is 17.1. The zero-order valence-corrected chi connectivity index (χ0v) is 22.6. The van der Waals surface area contributed by atoms with Gasteiger partial charge in [0.1, 0.15) is 11.6 Å². The molecular formula is C28H36N6O4. The maximum Gasteiger partial charge on any atom is 0.407 e. The molecule has 1 aromatic carbocycles. The lowest BCUT2D eigenvalue weighted by molar-refractivity contribution is -0.119. The van der Waals surface area contributed by atoms with Crippen molar-refractivity contribution in [2.75, 3.05) is 31.1 Å². The van der Waals surface area contributed by atoms with Crippen LogP contribution in [0.2, 0.25) is 0 Å². The van der Waals surface area contributed by atoms with Gasteiger partial charge < -0.3 is 25.0 Å². The zero-order chi connectivity index (χ0) is 27.2. The summed E-state index contributed by atoms with van der Waals surface area (Å²) < 4.78 is 8.12. The van der Waals surface area contributed by atoms with E-state index in [9.17, 15) is 14.7 Å². The highest BCUT2D eigenvalue weighted by Gasteiger charge is 2.38. The van der Waals surface area contributed by atoms with Gasteiger partial charge in [-0.05, 0) is 31.4 Å². The number of anilines is 1. The van der Waals surface area contributed by atoms with Crippen LogP contribution in [0.25, 0.3) is 16.8 Å². The Morgan fingerprint density at radius 3 is 2.58 bits per heavy atom. The number of carbonyl (C=O) groups is 2. The number of hydrogen-bond acceptors (Lipinski definition) is 6. The molecule has 0 radical (unpaired) electrons. The summed E-state index contributed by atoms with van der Waals surface area (Å²) in [6, 6.07) is 8.08. The summed E-state index contributed by atoms with van der Waals surface area (Å²) in [5.41, 5.74) is 4.32. The van der Waals surface area contributed by atoms with Crippen molar-refractivity contribution >= 4 is 23.2 Å². The van der Waals surface area contributed by atoms with E-state index in [0.717, 1.165) is 28.0 Å². The number of carbonyl (C=O) groups excluding carboxylic acids is 1. The number of piperazine rings is 1. The van der Waals surface area contributed by atoms with Crippen LogP contribution in [-0.4, -0.2) is 74.9 Å². The van der Waals surface area contributed by atoms with E-state index >= 15 is 0 Å². The number of benzene rings is 1. The first-order valence-corrected chi connectivity index (χ1v) is 13.1. The highest BCUT2D eigenvalue weighted by molar-refractivity contribution is 5.78. The number of fused-ring (bicyclic) bond motifs is 1. The first-order valence-electron chi connectivity index (χ1n) is 13.1. The Labute approximate surface area is 222 Å². The minimum absolute atomic E-state index is 0.0520. The van der Waals surface area contributed by atoms with Crippen molar-refractivity contribution in [2.45, 2.75) is 53.2 Å². The van der Waals surface area contributed by atoms with E-state index in [4.69, 9.17) is 9.72 Å². The molecule has 2 aliphatic rings. The van der Waals surface area contributed by atoms with Gasteiger partial charge in [-0.2, -0.15) is 5.10 Å². The maximum atomic E-state index is 11.8. The topological polar surface area (TPSA) is 112 Å². The first-order chi connectivity index (χ1) is 18.0. The molecule has 10 nitrogen and oxygen atoms in total. The van der Waals surface area contributed by atoms with Crippen molar-refractivity contribution < 1.29 is 19.4 Å². The van der Waals surface area contributed by atoms with Crippen molar-refractivity contribution in [1.29, 1.82) is 0 Å². The van der Waals surface area contributed by atoms with Crippen LogP contribution >= 0.6 is 0 Å². The molecule has 0 aliphatic carbocycles. The summed E-state index contributed by atoms with van der Waals surface area (Å²) in [5.74, 6) is 0.649. The second kappa shape index (κ2) is 9.81. The molecule has 0 spiro atoms. The summed E-state index contributed by atoms with van der Waals surface area (Å²) in [6.07, 6.45) is 3.10. The van der Waals surface area contributed by atoms with Gasteiger partial charge in [0.05, 0.1) is 24.1 Å². The molecule has 5 rings (SSSR count). The number of aryl methyl sites for hydroxylation is 1. The van der Waals surface area contributed by atoms with Gasteiger partial charge in [0, 0.05) is 55.3 Å². The minimum atomic E-state index is -0.863. The van der Waals surface area contributed by atoms with Gasteiger partial charge in [0.25, 0.3) is 0 Å². The van der Waals surface area contributed by atoms with Crippen LogP contribution in [-0.2, 0) is 4.79 Å². The molecule has 0 bridgehead atoms. The molecule has 10 heteroatoms. The molecule has 38 heavy (non-hydrogen) atoms. The SMILES string of the molecule is Cc1cnn2cc(-c3ccc(N4CCN(C(=O)O)C(C(C)(C)C)C4)cc3)nc(O[C@H](C)[C@H]3CNC(=O)C3)c12. The van der Waals surface area contributed by atoms with Crippen LogP contribution in [0.15, 0.2) is 36.7 Å². The van der Waals surface area contributed by atoms with Crippen LogP contribution in [0.4, 0.5) is 10.5 Å². The normalized spacial score (nSPS) is 21.0. The molecule has 2 saturated heterocycles. The van der Waals surface area contributed by atoms with Crippen LogP contribution < -0.4 is 15.0 Å². The number of ether oxygens (including phenoxy) is 1. The van der Waals surface area contributed by atoms with E-state index in [0.29, 0.717) is 38.5 Å². The van der Waals surface area contributed by atoms with Crippen LogP contribution in [0.3, 0.4) is 0 Å². The van der Waals surface area contributed by atoms with Gasteiger partial charge in [-0.15, -0.1) is 0 Å². The van der Waals surface area contributed by atoms with E-state index < -0.39 is 6.09 Å². The van der Waals surface area contributed by atoms with E-state index in [1.54, 1.807) is 15.6 Å². The van der Waals surface area contributed by atoms with Crippen LogP contribution in [0.1, 0.15) is 39.7 Å². The van der Waals surface area contributed by atoms with Gasteiger partial charge in [0.15, 0.2) is 0 Å². The number of hydrogen-bond donors (Lipinski definition) is 2. The van der Waals surface area contributed by atoms with Gasteiger partial charge >= 0.3 is 6.09 Å². The zero-order valence-electron chi connectivity index (χ0n) is 22.6. The van der Waals surface area contributed by atoms with Crippen LogP contribution in [0.5, 0.6) is 5.88 Å². The van der Waals surface area contributed by atoms with Crippen molar-refractivity contribution in [3.05, 3.63) is 42.2 Å². The fourth-order valence-corrected chi connectivity index (χ4v) is 5.40. The second-order valence-corrected chi connectivity index (χ2v) is 11.5. The lowest BCUT2D eigenvalue weighted by Crippen LogP contribution is -2.59. The van der Waals surface area contributed by atoms with E-state index in [1.807, 2.05) is 32.2 Å². The van der Waals surface area contributed by atoms with Gasteiger partial charge in [-0.25, -0.2) is 14.3 Å². The van der Waals surface area contributed by atoms with Crippen molar-refractivity contribution in [2.24, 2.45) is 11.3 Å². The fourth-order valence-electron chi connectivity index (χ4n) is 5.40. The monoisotopic (exact) mass is 520 g/mol. The summed E-state index contributed by atoms with van der Waals surface area (Å²) in [6.45, 7) is 12.6. The van der Waals surface area contributed by atoms with E-state index in [-0.39, 0.29) is 29.4 Å². The summed E-state index contributed by atoms with van der Waals surface area (Å²) in [7, 11) is 0. The smallest absolute Gasteiger partial charge is 0.407 e. The number of nitrogens with zero attached hydrogens (tertiary/aromatic N) is 5. The number of amides is 2. The van der Waals surface area contributed by atoms with Crippen molar-refractivity contribution in [3.63, 3.8) is 0 Å². The van der Waals surface area contributed by atoms with E-state index in [1.165, 1.54) is 0 Å². The predicted molar refractivity (Wildman–Crippen MR) is 145 cm³/mol. The van der Waals surface area contributed by atoms with Gasteiger partial charge in [0.2, 0.25) is 11.8 Å². The molecule has 3 aromatic rings. The third-order valence-electron chi connectivity index (χ3n) is 7.77. The minimum Gasteiger partial charge on any atom is -0.473 e. The molecular weight excluding hydrogens is 484 g/mol. The van der Waals surface area contributed by atoms with Crippen LogP contribution in [0, 0.1) is 18.3 Å². The molecule has 3 atom stereocenters. The average Bonchev–Trinajstić information content (AvgIpc) is 3.49.